The van der Waals surface area contributed by atoms with E-state index in [2.05, 4.69) is 20.7 Å². The summed E-state index contributed by atoms with van der Waals surface area (Å²) in [7, 11) is 0. The van der Waals surface area contributed by atoms with E-state index in [9.17, 15) is 18.3 Å². The summed E-state index contributed by atoms with van der Waals surface area (Å²) in [4.78, 5) is 0. The molecule has 0 spiro atoms. The summed E-state index contributed by atoms with van der Waals surface area (Å²) in [5, 5.41) is 10.6. The number of hydrogen-bond donors (Lipinski definition) is 1. The van der Waals surface area contributed by atoms with Crippen LogP contribution in [-0.4, -0.2) is 11.5 Å². The Morgan fingerprint density at radius 1 is 1.14 bits per heavy atom. The molecule has 0 radical (unpaired) electrons. The highest BCUT2D eigenvalue weighted by atomic mass is 79.9. The number of halogens is 5. The Bertz CT molecular complexity index is 646. The zero-order valence-corrected chi connectivity index (χ0v) is 12.7. The first kappa shape index (κ1) is 16.1. The van der Waals surface area contributed by atoms with Gasteiger partial charge in [0, 0.05) is 10.0 Å². The van der Waals surface area contributed by atoms with E-state index >= 15 is 0 Å². The van der Waals surface area contributed by atoms with Crippen LogP contribution in [0, 0.1) is 0 Å². The molecular weight excluding hydrogens is 373 g/mol. The number of rotatable bonds is 3. The summed E-state index contributed by atoms with van der Waals surface area (Å²) in [5.41, 5.74) is 0.631. The lowest BCUT2D eigenvalue weighted by atomic mass is 10.0. The molecule has 0 aliphatic carbocycles. The monoisotopic (exact) mass is 380 g/mol. The van der Waals surface area contributed by atoms with Gasteiger partial charge in [-0.1, -0.05) is 35.9 Å². The molecule has 0 saturated heterocycles. The molecule has 0 saturated carbocycles. The SMILES string of the molecule is OC(c1cccc(OC(F)(F)F)c1)c1cccc(Br)c1Cl. The minimum atomic E-state index is -4.78. The third-order valence-corrected chi connectivity index (χ3v) is 3.99. The van der Waals surface area contributed by atoms with Crippen LogP contribution in [-0.2, 0) is 0 Å². The highest BCUT2D eigenvalue weighted by Crippen LogP contribution is 2.34. The molecule has 2 aromatic carbocycles. The highest BCUT2D eigenvalue weighted by Gasteiger charge is 2.31. The molecule has 7 heteroatoms. The summed E-state index contributed by atoms with van der Waals surface area (Å²) in [6.07, 6.45) is -5.94. The van der Waals surface area contributed by atoms with E-state index in [0.717, 1.165) is 12.1 Å². The molecular formula is C14H9BrClF3O2. The zero-order valence-electron chi connectivity index (χ0n) is 10.4. The number of ether oxygens (including phenoxy) is 1. The average Bonchev–Trinajstić information content (AvgIpc) is 2.39. The van der Waals surface area contributed by atoms with Crippen molar-refractivity contribution in [3.05, 3.63) is 63.1 Å². The second-order valence-electron chi connectivity index (χ2n) is 4.17. The van der Waals surface area contributed by atoms with Gasteiger partial charge in [-0.2, -0.15) is 0 Å². The normalized spacial score (nSPS) is 13.0. The fourth-order valence-electron chi connectivity index (χ4n) is 1.79. The fourth-order valence-corrected chi connectivity index (χ4v) is 2.40. The van der Waals surface area contributed by atoms with Crippen LogP contribution in [0.1, 0.15) is 17.2 Å². The standard InChI is InChI=1S/C14H9BrClF3O2/c15-11-6-2-5-10(12(11)16)13(20)8-3-1-4-9(7-8)21-14(17,18)19/h1-7,13,20H. The van der Waals surface area contributed by atoms with Crippen LogP contribution < -0.4 is 4.74 Å². The van der Waals surface area contributed by atoms with Crippen LogP contribution in [0.5, 0.6) is 5.75 Å². The molecule has 2 nitrogen and oxygen atoms in total. The van der Waals surface area contributed by atoms with Crippen LogP contribution in [0.3, 0.4) is 0 Å². The van der Waals surface area contributed by atoms with E-state index in [4.69, 9.17) is 11.6 Å². The maximum atomic E-state index is 12.2. The molecule has 21 heavy (non-hydrogen) atoms. The second-order valence-corrected chi connectivity index (χ2v) is 5.40. The lowest BCUT2D eigenvalue weighted by Gasteiger charge is -2.15. The highest BCUT2D eigenvalue weighted by molar-refractivity contribution is 9.10. The largest absolute Gasteiger partial charge is 0.573 e. The molecule has 112 valence electrons. The first-order chi connectivity index (χ1) is 9.78. The molecule has 0 amide bonds. The third kappa shape index (κ3) is 4.12. The summed E-state index contributed by atoms with van der Waals surface area (Å²) in [5.74, 6) is -0.398. The number of aliphatic hydroxyl groups excluding tert-OH is 1. The molecule has 0 heterocycles. The smallest absolute Gasteiger partial charge is 0.406 e. The van der Waals surface area contributed by atoms with E-state index in [-0.39, 0.29) is 5.56 Å². The van der Waals surface area contributed by atoms with Gasteiger partial charge in [-0.05, 0) is 39.7 Å². The summed E-state index contributed by atoms with van der Waals surface area (Å²) in [6, 6.07) is 10.1. The van der Waals surface area contributed by atoms with Gasteiger partial charge in [0.2, 0.25) is 0 Å². The van der Waals surface area contributed by atoms with E-state index in [1.54, 1.807) is 18.2 Å². The maximum Gasteiger partial charge on any atom is 0.573 e. The lowest BCUT2D eigenvalue weighted by molar-refractivity contribution is -0.274. The van der Waals surface area contributed by atoms with Crippen molar-refractivity contribution in [3.63, 3.8) is 0 Å². The third-order valence-electron chi connectivity index (χ3n) is 2.68. The Hall–Kier alpha value is -1.24. The van der Waals surface area contributed by atoms with E-state index in [1.807, 2.05) is 0 Å². The van der Waals surface area contributed by atoms with Crippen LogP contribution in [0.2, 0.25) is 5.02 Å². The molecule has 0 aromatic heterocycles. The lowest BCUT2D eigenvalue weighted by Crippen LogP contribution is -2.17. The van der Waals surface area contributed by atoms with Gasteiger partial charge in [0.05, 0.1) is 5.02 Å². The van der Waals surface area contributed by atoms with Crippen molar-refractivity contribution in [1.29, 1.82) is 0 Å². The number of benzene rings is 2. The van der Waals surface area contributed by atoms with Crippen molar-refractivity contribution in [3.8, 4) is 5.75 Å². The van der Waals surface area contributed by atoms with Crippen molar-refractivity contribution in [2.24, 2.45) is 0 Å². The quantitative estimate of drug-likeness (QED) is 0.803. The van der Waals surface area contributed by atoms with Gasteiger partial charge in [0.25, 0.3) is 0 Å². The van der Waals surface area contributed by atoms with Crippen molar-refractivity contribution < 1.29 is 23.0 Å². The van der Waals surface area contributed by atoms with Gasteiger partial charge in [0.15, 0.2) is 0 Å². The molecule has 0 aliphatic heterocycles. The van der Waals surface area contributed by atoms with E-state index in [0.29, 0.717) is 15.1 Å². The van der Waals surface area contributed by atoms with Crippen molar-refractivity contribution in [1.82, 2.24) is 0 Å². The maximum absolute atomic E-state index is 12.2. The molecule has 0 fully saturated rings. The number of alkyl halides is 3. The van der Waals surface area contributed by atoms with Crippen LogP contribution >= 0.6 is 27.5 Å². The van der Waals surface area contributed by atoms with Crippen molar-refractivity contribution in [2.45, 2.75) is 12.5 Å². The fraction of sp³-hybridized carbons (Fsp3) is 0.143. The topological polar surface area (TPSA) is 29.5 Å². The Kier molecular flexibility index (Phi) is 4.81. The molecule has 2 aromatic rings. The van der Waals surface area contributed by atoms with E-state index in [1.165, 1.54) is 12.1 Å². The Morgan fingerprint density at radius 3 is 2.48 bits per heavy atom. The van der Waals surface area contributed by atoms with Crippen molar-refractivity contribution >= 4 is 27.5 Å². The molecule has 0 aliphatic rings. The second kappa shape index (κ2) is 6.25. The summed E-state index contributed by atoms with van der Waals surface area (Å²) < 4.78 is 41.0. The van der Waals surface area contributed by atoms with Gasteiger partial charge < -0.3 is 9.84 Å². The first-order valence-electron chi connectivity index (χ1n) is 5.75. The Balaban J connectivity index is 2.33. The summed E-state index contributed by atoms with van der Waals surface area (Å²) in [6.45, 7) is 0. The molecule has 1 atom stereocenters. The van der Waals surface area contributed by atoms with Gasteiger partial charge in [0.1, 0.15) is 11.9 Å². The number of hydrogen-bond acceptors (Lipinski definition) is 2. The molecule has 1 N–H and O–H groups in total. The molecule has 1 unspecified atom stereocenters. The summed E-state index contributed by atoms with van der Waals surface area (Å²) >= 11 is 9.29. The van der Waals surface area contributed by atoms with Gasteiger partial charge in [-0.25, -0.2) is 0 Å². The molecule has 2 rings (SSSR count). The Morgan fingerprint density at radius 2 is 1.81 bits per heavy atom. The minimum Gasteiger partial charge on any atom is -0.406 e. The van der Waals surface area contributed by atoms with Gasteiger partial charge >= 0.3 is 6.36 Å². The predicted octanol–water partition coefficient (Wildman–Crippen LogP) is 5.08. The minimum absolute atomic E-state index is 0.247. The predicted molar refractivity (Wildman–Crippen MR) is 76.3 cm³/mol. The zero-order chi connectivity index (χ0) is 15.6. The van der Waals surface area contributed by atoms with Gasteiger partial charge in [-0.3, -0.25) is 0 Å². The van der Waals surface area contributed by atoms with Crippen LogP contribution in [0.4, 0.5) is 13.2 Å². The van der Waals surface area contributed by atoms with Crippen LogP contribution in [0.15, 0.2) is 46.9 Å². The Labute approximate surface area is 132 Å². The average molecular weight is 382 g/mol. The van der Waals surface area contributed by atoms with Crippen molar-refractivity contribution in [2.75, 3.05) is 0 Å². The van der Waals surface area contributed by atoms with Crippen LogP contribution in [0.25, 0.3) is 0 Å². The first-order valence-corrected chi connectivity index (χ1v) is 6.93. The number of aliphatic hydroxyl groups is 1. The van der Waals surface area contributed by atoms with Gasteiger partial charge in [-0.15, -0.1) is 13.2 Å². The van der Waals surface area contributed by atoms with E-state index < -0.39 is 18.2 Å². The molecule has 0 bridgehead atoms.